The first-order valence-corrected chi connectivity index (χ1v) is 8.09. The van der Waals surface area contributed by atoms with Crippen molar-refractivity contribution >= 4 is 0 Å². The van der Waals surface area contributed by atoms with Gasteiger partial charge in [-0.25, -0.2) is 0 Å². The third-order valence-electron chi connectivity index (χ3n) is 4.29. The van der Waals surface area contributed by atoms with Crippen molar-refractivity contribution in [3.63, 3.8) is 0 Å². The number of hydrogen-bond acceptors (Lipinski definition) is 4. The standard InChI is InChI=1S/C17H25NO3/c1-2-18-17(13-6-10-19-11-7-13)14-4-5-15-16(12-14)21-9-3-8-20-15/h4-5,12-13,17-18H,2-3,6-11H2,1H3. The van der Waals surface area contributed by atoms with E-state index in [-0.39, 0.29) is 0 Å². The summed E-state index contributed by atoms with van der Waals surface area (Å²) < 4.78 is 17.0. The van der Waals surface area contributed by atoms with Crippen molar-refractivity contribution in [3.05, 3.63) is 23.8 Å². The lowest BCUT2D eigenvalue weighted by Crippen LogP contribution is -2.32. The van der Waals surface area contributed by atoms with Crippen LogP contribution in [0.4, 0.5) is 0 Å². The summed E-state index contributed by atoms with van der Waals surface area (Å²) in [6.45, 7) is 6.35. The van der Waals surface area contributed by atoms with Crippen molar-refractivity contribution in [2.75, 3.05) is 33.0 Å². The zero-order chi connectivity index (χ0) is 14.5. The van der Waals surface area contributed by atoms with Gasteiger partial charge >= 0.3 is 0 Å². The highest BCUT2D eigenvalue weighted by molar-refractivity contribution is 5.44. The lowest BCUT2D eigenvalue weighted by molar-refractivity contribution is 0.0538. The third kappa shape index (κ3) is 3.50. The first-order valence-electron chi connectivity index (χ1n) is 8.09. The van der Waals surface area contributed by atoms with E-state index in [1.54, 1.807) is 0 Å². The van der Waals surface area contributed by atoms with Crippen LogP contribution in [0, 0.1) is 5.92 Å². The fraction of sp³-hybridized carbons (Fsp3) is 0.647. The molecule has 1 fully saturated rings. The second-order valence-corrected chi connectivity index (χ2v) is 5.74. The average Bonchev–Trinajstić information content (AvgIpc) is 2.78. The van der Waals surface area contributed by atoms with Gasteiger partial charge in [0.1, 0.15) is 0 Å². The Morgan fingerprint density at radius 3 is 2.62 bits per heavy atom. The Kier molecular flexibility index (Phi) is 4.99. The molecule has 21 heavy (non-hydrogen) atoms. The summed E-state index contributed by atoms with van der Waals surface area (Å²) in [4.78, 5) is 0. The van der Waals surface area contributed by atoms with Crippen LogP contribution in [0.3, 0.4) is 0 Å². The molecule has 1 aromatic rings. The molecule has 0 bridgehead atoms. The molecule has 1 saturated heterocycles. The van der Waals surface area contributed by atoms with E-state index in [9.17, 15) is 0 Å². The molecule has 1 unspecified atom stereocenters. The van der Waals surface area contributed by atoms with Crippen molar-refractivity contribution in [2.45, 2.75) is 32.2 Å². The van der Waals surface area contributed by atoms with Gasteiger partial charge in [-0.3, -0.25) is 0 Å². The van der Waals surface area contributed by atoms with E-state index in [4.69, 9.17) is 14.2 Å². The van der Waals surface area contributed by atoms with Gasteiger partial charge in [0.25, 0.3) is 0 Å². The van der Waals surface area contributed by atoms with Gasteiger partial charge in [-0.05, 0) is 43.0 Å². The monoisotopic (exact) mass is 291 g/mol. The van der Waals surface area contributed by atoms with Crippen molar-refractivity contribution in [1.29, 1.82) is 0 Å². The van der Waals surface area contributed by atoms with Crippen molar-refractivity contribution in [1.82, 2.24) is 5.32 Å². The van der Waals surface area contributed by atoms with Crippen molar-refractivity contribution < 1.29 is 14.2 Å². The van der Waals surface area contributed by atoms with E-state index in [0.29, 0.717) is 12.0 Å². The average molecular weight is 291 g/mol. The van der Waals surface area contributed by atoms with E-state index in [0.717, 1.165) is 63.7 Å². The van der Waals surface area contributed by atoms with E-state index in [2.05, 4.69) is 30.4 Å². The zero-order valence-electron chi connectivity index (χ0n) is 12.8. The molecule has 0 amide bonds. The van der Waals surface area contributed by atoms with Crippen molar-refractivity contribution in [2.24, 2.45) is 5.92 Å². The molecule has 2 aliphatic heterocycles. The molecule has 1 aromatic carbocycles. The van der Waals surface area contributed by atoms with Gasteiger partial charge in [-0.1, -0.05) is 13.0 Å². The maximum absolute atomic E-state index is 5.83. The molecule has 0 aliphatic carbocycles. The van der Waals surface area contributed by atoms with E-state index >= 15 is 0 Å². The van der Waals surface area contributed by atoms with E-state index in [1.165, 1.54) is 5.56 Å². The lowest BCUT2D eigenvalue weighted by atomic mass is 9.87. The molecule has 1 N–H and O–H groups in total. The maximum Gasteiger partial charge on any atom is 0.161 e. The Morgan fingerprint density at radius 2 is 1.86 bits per heavy atom. The second-order valence-electron chi connectivity index (χ2n) is 5.74. The van der Waals surface area contributed by atoms with Crippen LogP contribution in [-0.4, -0.2) is 33.0 Å². The summed E-state index contributed by atoms with van der Waals surface area (Å²) in [6.07, 6.45) is 3.18. The maximum atomic E-state index is 5.83. The minimum atomic E-state index is 0.371. The number of rotatable bonds is 4. The quantitative estimate of drug-likeness (QED) is 0.926. The molecule has 1 atom stereocenters. The van der Waals surface area contributed by atoms with Gasteiger partial charge in [0.05, 0.1) is 13.2 Å². The van der Waals surface area contributed by atoms with Gasteiger partial charge in [-0.15, -0.1) is 0 Å². The number of hydrogen-bond donors (Lipinski definition) is 1. The lowest BCUT2D eigenvalue weighted by Gasteiger charge is -2.31. The van der Waals surface area contributed by atoms with Crippen LogP contribution in [0.1, 0.15) is 37.8 Å². The molecule has 2 aliphatic rings. The highest BCUT2D eigenvalue weighted by atomic mass is 16.5. The highest BCUT2D eigenvalue weighted by Gasteiger charge is 2.26. The molecule has 0 aromatic heterocycles. The fourth-order valence-corrected chi connectivity index (χ4v) is 3.20. The van der Waals surface area contributed by atoms with Crippen LogP contribution < -0.4 is 14.8 Å². The molecule has 0 radical (unpaired) electrons. The van der Waals surface area contributed by atoms with Crippen LogP contribution in [0.5, 0.6) is 11.5 Å². The summed E-state index contributed by atoms with van der Waals surface area (Å²) in [5.41, 5.74) is 1.30. The first-order chi connectivity index (χ1) is 10.4. The fourth-order valence-electron chi connectivity index (χ4n) is 3.20. The van der Waals surface area contributed by atoms with Crippen molar-refractivity contribution in [3.8, 4) is 11.5 Å². The Morgan fingerprint density at radius 1 is 1.10 bits per heavy atom. The summed E-state index contributed by atoms with van der Waals surface area (Å²) >= 11 is 0. The molecular weight excluding hydrogens is 266 g/mol. The van der Waals surface area contributed by atoms with Gasteiger partial charge in [0.2, 0.25) is 0 Å². The Hall–Kier alpha value is -1.26. The van der Waals surface area contributed by atoms with E-state index < -0.39 is 0 Å². The number of benzene rings is 1. The van der Waals surface area contributed by atoms with Crippen LogP contribution in [0.25, 0.3) is 0 Å². The smallest absolute Gasteiger partial charge is 0.161 e. The second kappa shape index (κ2) is 7.14. The molecule has 4 heteroatoms. The molecule has 3 rings (SSSR count). The Balaban J connectivity index is 1.82. The largest absolute Gasteiger partial charge is 0.490 e. The normalized spacial score (nSPS) is 20.8. The van der Waals surface area contributed by atoms with Gasteiger partial charge < -0.3 is 19.5 Å². The molecule has 0 spiro atoms. The van der Waals surface area contributed by atoms with Gasteiger partial charge in [0, 0.05) is 25.7 Å². The topological polar surface area (TPSA) is 39.7 Å². The molecule has 4 nitrogen and oxygen atoms in total. The SMILES string of the molecule is CCNC(c1ccc2c(c1)OCCCO2)C1CCOCC1. The third-order valence-corrected chi connectivity index (χ3v) is 4.29. The predicted octanol–water partition coefficient (Wildman–Crippen LogP) is 2.93. The Bertz CT molecular complexity index is 457. The van der Waals surface area contributed by atoms with Crippen LogP contribution >= 0.6 is 0 Å². The number of nitrogens with one attached hydrogen (secondary N) is 1. The Labute approximate surface area is 126 Å². The number of ether oxygens (including phenoxy) is 3. The summed E-state index contributed by atoms with van der Waals surface area (Å²) in [5, 5.41) is 3.64. The van der Waals surface area contributed by atoms with Crippen LogP contribution in [0.2, 0.25) is 0 Å². The van der Waals surface area contributed by atoms with Gasteiger partial charge in [0.15, 0.2) is 11.5 Å². The molecule has 116 valence electrons. The van der Waals surface area contributed by atoms with Crippen LogP contribution in [-0.2, 0) is 4.74 Å². The predicted molar refractivity (Wildman–Crippen MR) is 82.0 cm³/mol. The summed E-state index contributed by atoms with van der Waals surface area (Å²) in [5.74, 6) is 2.39. The summed E-state index contributed by atoms with van der Waals surface area (Å²) in [6, 6.07) is 6.76. The zero-order valence-corrected chi connectivity index (χ0v) is 12.8. The highest BCUT2D eigenvalue weighted by Crippen LogP contribution is 2.36. The summed E-state index contributed by atoms with van der Waals surface area (Å²) in [7, 11) is 0. The van der Waals surface area contributed by atoms with Crippen LogP contribution in [0.15, 0.2) is 18.2 Å². The van der Waals surface area contributed by atoms with E-state index in [1.807, 2.05) is 0 Å². The minimum absolute atomic E-state index is 0.371. The molecule has 2 heterocycles. The molecule has 0 saturated carbocycles. The number of fused-ring (bicyclic) bond motifs is 1. The minimum Gasteiger partial charge on any atom is -0.490 e. The first kappa shape index (κ1) is 14.7. The van der Waals surface area contributed by atoms with Gasteiger partial charge in [-0.2, -0.15) is 0 Å². The molecular formula is C17H25NO3.